The maximum absolute atomic E-state index is 12.4. The Kier molecular flexibility index (Phi) is 3.07. The van der Waals surface area contributed by atoms with Gasteiger partial charge in [-0.15, -0.1) is 0 Å². The second-order valence-corrected chi connectivity index (χ2v) is 6.93. The summed E-state index contributed by atoms with van der Waals surface area (Å²) < 4.78 is 5.36. The molecule has 1 fully saturated rings. The predicted octanol–water partition coefficient (Wildman–Crippen LogP) is 4.01. The van der Waals surface area contributed by atoms with Crippen molar-refractivity contribution in [3.8, 4) is 0 Å². The molecule has 1 aromatic carbocycles. The van der Waals surface area contributed by atoms with E-state index in [1.54, 1.807) is 0 Å². The molecule has 0 amide bonds. The second kappa shape index (κ2) is 4.87. The molecule has 3 nitrogen and oxygen atoms in total. The zero-order valence-electron chi connectivity index (χ0n) is 13.5. The van der Waals surface area contributed by atoms with Crippen LogP contribution in [0.1, 0.15) is 48.1 Å². The molecule has 1 N–H and O–H groups in total. The summed E-state index contributed by atoms with van der Waals surface area (Å²) in [4.78, 5) is 16.0. The molecule has 1 heterocycles. The van der Waals surface area contributed by atoms with Crippen LogP contribution in [-0.2, 0) is 16.0 Å². The first-order valence-corrected chi connectivity index (χ1v) is 8.38. The van der Waals surface area contributed by atoms with E-state index in [0.717, 1.165) is 19.3 Å². The number of nitrogens with one attached hydrogen (secondary N) is 1. The Morgan fingerprint density at radius 1 is 1.27 bits per heavy atom. The summed E-state index contributed by atoms with van der Waals surface area (Å²) in [6, 6.07) is 4.54. The number of benzene rings is 1. The molecule has 2 bridgehead atoms. The van der Waals surface area contributed by atoms with Gasteiger partial charge in [-0.25, -0.2) is 0 Å². The second-order valence-electron chi connectivity index (χ2n) is 6.93. The summed E-state index contributed by atoms with van der Waals surface area (Å²) in [6.07, 6.45) is 3.24. The molecule has 0 unspecified atom stereocenters. The van der Waals surface area contributed by atoms with Crippen molar-refractivity contribution in [1.29, 1.82) is 0 Å². The molecule has 0 aliphatic heterocycles. The fraction of sp³-hybridized carbons (Fsp3) is 0.526. The molecule has 1 saturated carbocycles. The number of carbonyl (C=O) groups excluding carboxylic acids is 1. The fourth-order valence-corrected chi connectivity index (χ4v) is 4.61. The van der Waals surface area contributed by atoms with Gasteiger partial charge < -0.3 is 9.72 Å². The van der Waals surface area contributed by atoms with Gasteiger partial charge in [-0.1, -0.05) is 0 Å². The van der Waals surface area contributed by atoms with Gasteiger partial charge in [-0.05, 0) is 80.7 Å². The number of hydrogen-bond donors (Lipinski definition) is 1. The third kappa shape index (κ3) is 1.84. The van der Waals surface area contributed by atoms with Gasteiger partial charge in [0.05, 0.1) is 12.5 Å². The molecule has 0 radical (unpaired) electrons. The molecule has 2 aromatic rings. The van der Waals surface area contributed by atoms with Crippen LogP contribution in [0.2, 0.25) is 0 Å². The van der Waals surface area contributed by atoms with Gasteiger partial charge in [0, 0.05) is 16.6 Å². The van der Waals surface area contributed by atoms with Crippen LogP contribution in [0, 0.1) is 25.7 Å². The molecule has 2 aliphatic carbocycles. The summed E-state index contributed by atoms with van der Waals surface area (Å²) in [5, 5.41) is 1.32. The first kappa shape index (κ1) is 13.9. The Morgan fingerprint density at radius 2 is 2.05 bits per heavy atom. The molecular formula is C19H23NO2. The van der Waals surface area contributed by atoms with Gasteiger partial charge in [0.2, 0.25) is 0 Å². The molecule has 0 saturated heterocycles. The smallest absolute Gasteiger partial charge is 0.309 e. The summed E-state index contributed by atoms with van der Waals surface area (Å²) in [5.74, 6) is 0.863. The van der Waals surface area contributed by atoms with Crippen molar-refractivity contribution >= 4 is 16.9 Å². The van der Waals surface area contributed by atoms with E-state index < -0.39 is 0 Å². The van der Waals surface area contributed by atoms with Crippen molar-refractivity contribution in [2.75, 3.05) is 6.61 Å². The van der Waals surface area contributed by atoms with E-state index in [9.17, 15) is 4.79 Å². The van der Waals surface area contributed by atoms with E-state index in [-0.39, 0.29) is 11.9 Å². The molecule has 3 atom stereocenters. The molecule has 3 heteroatoms. The molecule has 0 spiro atoms. The molecule has 2 aliphatic rings. The Bertz CT molecular complexity index is 758. The van der Waals surface area contributed by atoms with Crippen LogP contribution in [0.25, 0.3) is 10.9 Å². The molecule has 116 valence electrons. The minimum absolute atomic E-state index is 0.0128. The van der Waals surface area contributed by atoms with Crippen molar-refractivity contribution < 1.29 is 9.53 Å². The fourth-order valence-electron chi connectivity index (χ4n) is 4.61. The lowest BCUT2D eigenvalue weighted by Gasteiger charge is -2.28. The van der Waals surface area contributed by atoms with Crippen LogP contribution in [0.3, 0.4) is 0 Å². The highest BCUT2D eigenvalue weighted by Gasteiger charge is 2.47. The van der Waals surface area contributed by atoms with Crippen LogP contribution in [0.5, 0.6) is 0 Å². The zero-order chi connectivity index (χ0) is 15.4. The topological polar surface area (TPSA) is 42.1 Å². The number of esters is 1. The third-order valence-corrected chi connectivity index (χ3v) is 5.72. The Hall–Kier alpha value is -1.77. The van der Waals surface area contributed by atoms with Crippen molar-refractivity contribution in [3.05, 3.63) is 34.5 Å². The normalized spacial score (nSPS) is 26.2. The Balaban J connectivity index is 1.85. The number of ether oxygens (including phenoxy) is 1. The van der Waals surface area contributed by atoms with Crippen LogP contribution in [0.15, 0.2) is 12.1 Å². The maximum atomic E-state index is 12.4. The monoisotopic (exact) mass is 297 g/mol. The lowest BCUT2D eigenvalue weighted by atomic mass is 9.76. The first-order valence-electron chi connectivity index (χ1n) is 8.38. The van der Waals surface area contributed by atoms with E-state index in [4.69, 9.17) is 4.74 Å². The van der Waals surface area contributed by atoms with Crippen molar-refractivity contribution in [2.45, 2.75) is 46.0 Å². The molecule has 1 aromatic heterocycles. The maximum Gasteiger partial charge on any atom is 0.309 e. The van der Waals surface area contributed by atoms with Crippen molar-refractivity contribution in [1.82, 2.24) is 4.98 Å². The van der Waals surface area contributed by atoms with Crippen LogP contribution >= 0.6 is 0 Å². The Labute approximate surface area is 131 Å². The average molecular weight is 297 g/mol. The molecular weight excluding hydrogens is 274 g/mol. The number of fused-ring (bicyclic) bond motifs is 6. The highest BCUT2D eigenvalue weighted by molar-refractivity contribution is 5.88. The van der Waals surface area contributed by atoms with Gasteiger partial charge in [0.25, 0.3) is 0 Å². The average Bonchev–Trinajstić information content (AvgIpc) is 2.97. The Morgan fingerprint density at radius 3 is 2.82 bits per heavy atom. The quantitative estimate of drug-likeness (QED) is 0.851. The summed E-state index contributed by atoms with van der Waals surface area (Å²) in [5.41, 5.74) is 6.61. The number of aryl methyl sites for hydroxylation is 2. The zero-order valence-corrected chi connectivity index (χ0v) is 13.5. The van der Waals surface area contributed by atoms with Crippen LogP contribution in [0.4, 0.5) is 0 Å². The van der Waals surface area contributed by atoms with Gasteiger partial charge in [-0.2, -0.15) is 0 Å². The van der Waals surface area contributed by atoms with Gasteiger partial charge in [0.1, 0.15) is 0 Å². The highest BCUT2D eigenvalue weighted by atomic mass is 16.5. The number of rotatable bonds is 2. The van der Waals surface area contributed by atoms with Crippen molar-refractivity contribution in [3.63, 3.8) is 0 Å². The first-order chi connectivity index (χ1) is 10.6. The number of carbonyl (C=O) groups is 1. The van der Waals surface area contributed by atoms with E-state index in [1.807, 2.05) is 6.92 Å². The minimum Gasteiger partial charge on any atom is -0.466 e. The summed E-state index contributed by atoms with van der Waals surface area (Å²) in [7, 11) is 0. The number of aromatic amines is 1. The van der Waals surface area contributed by atoms with Crippen LogP contribution in [-0.4, -0.2) is 17.6 Å². The third-order valence-electron chi connectivity index (χ3n) is 5.72. The van der Waals surface area contributed by atoms with E-state index in [1.165, 1.54) is 33.3 Å². The minimum atomic E-state index is 0.0128. The lowest BCUT2D eigenvalue weighted by Crippen LogP contribution is -2.30. The number of hydrogen-bond acceptors (Lipinski definition) is 2. The van der Waals surface area contributed by atoms with Gasteiger partial charge in [0.15, 0.2) is 0 Å². The van der Waals surface area contributed by atoms with E-state index >= 15 is 0 Å². The summed E-state index contributed by atoms with van der Waals surface area (Å²) >= 11 is 0. The van der Waals surface area contributed by atoms with Gasteiger partial charge >= 0.3 is 5.97 Å². The number of aromatic nitrogens is 1. The van der Waals surface area contributed by atoms with Gasteiger partial charge in [-0.3, -0.25) is 4.79 Å². The highest BCUT2D eigenvalue weighted by Crippen LogP contribution is 2.53. The van der Waals surface area contributed by atoms with E-state index in [2.05, 4.69) is 31.0 Å². The van der Waals surface area contributed by atoms with E-state index in [0.29, 0.717) is 18.4 Å². The molecule has 4 rings (SSSR count). The lowest BCUT2D eigenvalue weighted by molar-refractivity contribution is -0.150. The molecule has 22 heavy (non-hydrogen) atoms. The number of H-pyrrole nitrogens is 1. The van der Waals surface area contributed by atoms with Crippen LogP contribution < -0.4 is 0 Å². The predicted molar refractivity (Wildman–Crippen MR) is 87.1 cm³/mol. The summed E-state index contributed by atoms with van der Waals surface area (Å²) in [6.45, 7) is 6.69. The largest absolute Gasteiger partial charge is 0.466 e. The van der Waals surface area contributed by atoms with Crippen molar-refractivity contribution in [2.24, 2.45) is 11.8 Å². The SMILES string of the molecule is CCOC(=O)[C@@H]1[C@H]2CC[C@@H]1c1c([nH]c3cc(C)c(C)cc13)C2. The standard InChI is InChI=1S/C19H23NO2/c1-4-22-19(21)17-12-5-6-13(17)18-14-7-10(2)11(3)8-15(14)20-16(18)9-12/h7-8,12-13,17,20H,4-6,9H2,1-3H3/t12-,13-,17+/m0/s1.